The van der Waals surface area contributed by atoms with Gasteiger partial charge in [-0.2, -0.15) is 0 Å². The van der Waals surface area contributed by atoms with Gasteiger partial charge in [-0.1, -0.05) is 254 Å². The van der Waals surface area contributed by atoms with Crippen molar-refractivity contribution >= 4 is 17.9 Å². The topological polar surface area (TPSA) is 108 Å². The Bertz CT molecular complexity index is 1410. The summed E-state index contributed by atoms with van der Waals surface area (Å²) in [7, 11) is 5.98. The lowest BCUT2D eigenvalue weighted by Gasteiger charge is -2.25. The van der Waals surface area contributed by atoms with Crippen LogP contribution in [0.3, 0.4) is 0 Å². The molecule has 0 aliphatic rings. The first-order valence-corrected chi connectivity index (χ1v) is 31.5. The van der Waals surface area contributed by atoms with Gasteiger partial charge in [0.15, 0.2) is 6.10 Å². The summed E-state index contributed by atoms with van der Waals surface area (Å²) < 4.78 is 22.9. The van der Waals surface area contributed by atoms with Gasteiger partial charge in [0.2, 0.25) is 0 Å². The second-order valence-electron chi connectivity index (χ2n) is 22.3. The highest BCUT2D eigenvalue weighted by molar-refractivity contribution is 5.71. The molecule has 9 heteroatoms. The molecule has 9 nitrogen and oxygen atoms in total. The Hall–Kier alpha value is -3.01. The van der Waals surface area contributed by atoms with Crippen molar-refractivity contribution in [3.8, 4) is 0 Å². The van der Waals surface area contributed by atoms with Crippen LogP contribution in [0.2, 0.25) is 0 Å². The predicted octanol–water partition coefficient (Wildman–Crippen LogP) is 18.8. The Morgan fingerprint density at radius 3 is 1.15 bits per heavy atom. The Labute approximate surface area is 463 Å². The first-order valence-electron chi connectivity index (χ1n) is 31.5. The van der Waals surface area contributed by atoms with E-state index in [2.05, 4.69) is 74.6 Å². The van der Waals surface area contributed by atoms with E-state index in [1.54, 1.807) is 0 Å². The number of hydrogen-bond acceptors (Lipinski definition) is 7. The Kier molecular flexibility index (Phi) is 54.9. The van der Waals surface area contributed by atoms with E-state index in [1.807, 2.05) is 21.1 Å². The van der Waals surface area contributed by atoms with Crippen LogP contribution >= 0.6 is 0 Å². The van der Waals surface area contributed by atoms with Crippen molar-refractivity contribution in [2.45, 2.75) is 296 Å². The summed E-state index contributed by atoms with van der Waals surface area (Å²) in [6, 6.07) is 0. The number of carbonyl (C=O) groups is 3. The number of ether oxygens (including phenoxy) is 4. The average Bonchev–Trinajstić information content (AvgIpc) is 3.38. The van der Waals surface area contributed by atoms with Crippen molar-refractivity contribution < 1.29 is 42.9 Å². The number of aliphatic carboxylic acids is 1. The summed E-state index contributed by atoms with van der Waals surface area (Å²) in [5, 5.41) is 9.72. The van der Waals surface area contributed by atoms with Crippen LogP contribution in [0.15, 0.2) is 60.8 Å². The highest BCUT2D eigenvalue weighted by atomic mass is 16.7. The molecule has 0 radical (unpaired) electrons. The molecule has 75 heavy (non-hydrogen) atoms. The number of quaternary nitrogens is 1. The van der Waals surface area contributed by atoms with Crippen molar-refractivity contribution in [2.24, 2.45) is 0 Å². The minimum Gasteiger partial charge on any atom is -0.477 e. The summed E-state index contributed by atoms with van der Waals surface area (Å²) in [6.45, 7) is 4.80. The van der Waals surface area contributed by atoms with Gasteiger partial charge in [0.25, 0.3) is 6.29 Å². The van der Waals surface area contributed by atoms with Gasteiger partial charge in [0.05, 0.1) is 34.4 Å². The van der Waals surface area contributed by atoms with Crippen molar-refractivity contribution in [1.29, 1.82) is 0 Å². The lowest BCUT2D eigenvalue weighted by Crippen LogP contribution is -2.40. The van der Waals surface area contributed by atoms with Gasteiger partial charge >= 0.3 is 17.9 Å². The van der Waals surface area contributed by atoms with E-state index in [-0.39, 0.29) is 32.2 Å². The fourth-order valence-corrected chi connectivity index (χ4v) is 8.94. The molecule has 0 aromatic heterocycles. The minimum atomic E-state index is -1.51. The van der Waals surface area contributed by atoms with Gasteiger partial charge in [-0.05, 0) is 77.0 Å². The fourth-order valence-electron chi connectivity index (χ4n) is 8.94. The Morgan fingerprint density at radius 2 is 0.760 bits per heavy atom. The van der Waals surface area contributed by atoms with Crippen molar-refractivity contribution in [1.82, 2.24) is 0 Å². The van der Waals surface area contributed by atoms with Gasteiger partial charge in [-0.25, -0.2) is 4.79 Å². The molecular formula is C66H120NO8+. The first-order chi connectivity index (χ1) is 36.6. The summed E-state index contributed by atoms with van der Waals surface area (Å²) in [5.41, 5.74) is 0. The fraction of sp³-hybridized carbons (Fsp3) is 0.803. The highest BCUT2D eigenvalue weighted by Crippen LogP contribution is 2.17. The summed E-state index contributed by atoms with van der Waals surface area (Å²) in [4.78, 5) is 37.5. The van der Waals surface area contributed by atoms with E-state index in [0.717, 1.165) is 64.2 Å². The number of esters is 2. The first kappa shape index (κ1) is 72.0. The van der Waals surface area contributed by atoms with Crippen molar-refractivity contribution in [2.75, 3.05) is 47.5 Å². The number of allylic oxidation sites excluding steroid dienone is 10. The maximum absolute atomic E-state index is 12.9. The molecule has 0 aromatic rings. The molecule has 1 N–H and O–H groups in total. The number of hydrogen-bond donors (Lipinski definition) is 1. The standard InChI is InChI=1S/C66H119NO8/c1-6-8-10-12-14-16-18-20-22-24-26-28-29-30-31-32-33-34-35-37-39-41-43-45-47-49-51-53-55-57-64(69)75-62(61-74-66(65(70)71)72-59-58-67(3,4)5)60-73-63(68)56-54-52-50-48-46-44-42-40-38-36-27-25-23-21-19-17-15-13-11-9-7-2/h8,10,14,16,20,22,25-28,62,66H,6-7,9,11-13,15,17-19,21,23-24,29-61H2,1-5H3/p+1/b10-8-,16-14-,22-20-,27-25-,28-26-. The Morgan fingerprint density at radius 1 is 0.413 bits per heavy atom. The molecule has 0 spiro atoms. The molecule has 0 fully saturated rings. The van der Waals surface area contributed by atoms with Crippen molar-refractivity contribution in [3.05, 3.63) is 60.8 Å². The third kappa shape index (κ3) is 58.5. The molecule has 0 aliphatic heterocycles. The van der Waals surface area contributed by atoms with E-state index in [4.69, 9.17) is 18.9 Å². The lowest BCUT2D eigenvalue weighted by molar-refractivity contribution is -0.870. The van der Waals surface area contributed by atoms with Crippen LogP contribution in [-0.4, -0.2) is 87.4 Å². The van der Waals surface area contributed by atoms with Crippen LogP contribution in [0.4, 0.5) is 0 Å². The molecule has 0 saturated carbocycles. The largest absolute Gasteiger partial charge is 0.477 e. The number of likely N-dealkylation sites (N-methyl/N-ethyl adjacent to an activating group) is 1. The van der Waals surface area contributed by atoms with Crippen LogP contribution in [0.25, 0.3) is 0 Å². The van der Waals surface area contributed by atoms with Crippen LogP contribution < -0.4 is 0 Å². The second kappa shape index (κ2) is 57.2. The van der Waals surface area contributed by atoms with Gasteiger partial charge in [-0.15, -0.1) is 0 Å². The van der Waals surface area contributed by atoms with Gasteiger partial charge in [-0.3, -0.25) is 9.59 Å². The molecule has 2 atom stereocenters. The summed E-state index contributed by atoms with van der Waals surface area (Å²) in [6.07, 6.45) is 70.2. The quantitative estimate of drug-likeness (QED) is 0.0211. The molecule has 0 heterocycles. The molecular weight excluding hydrogens is 935 g/mol. The monoisotopic (exact) mass is 1050 g/mol. The van der Waals surface area contributed by atoms with E-state index < -0.39 is 24.3 Å². The summed E-state index contributed by atoms with van der Waals surface area (Å²) >= 11 is 0. The highest BCUT2D eigenvalue weighted by Gasteiger charge is 2.25. The summed E-state index contributed by atoms with van der Waals surface area (Å²) in [5.74, 6) is -1.99. The molecule has 2 unspecified atom stereocenters. The number of rotatable bonds is 58. The zero-order valence-electron chi connectivity index (χ0n) is 49.7. The number of nitrogens with zero attached hydrogens (tertiary/aromatic N) is 1. The van der Waals surface area contributed by atoms with Gasteiger partial charge < -0.3 is 28.5 Å². The van der Waals surface area contributed by atoms with Crippen molar-refractivity contribution in [3.63, 3.8) is 0 Å². The maximum atomic E-state index is 12.9. The average molecular weight is 1060 g/mol. The maximum Gasteiger partial charge on any atom is 0.361 e. The van der Waals surface area contributed by atoms with Gasteiger partial charge in [0, 0.05) is 12.8 Å². The number of carboxylic acid groups (broad SMARTS) is 1. The molecule has 0 aliphatic carbocycles. The molecule has 436 valence electrons. The predicted molar refractivity (Wildman–Crippen MR) is 318 cm³/mol. The zero-order chi connectivity index (χ0) is 54.8. The number of carboxylic acids is 1. The van der Waals surface area contributed by atoms with E-state index >= 15 is 0 Å². The Balaban J connectivity index is 4.16. The van der Waals surface area contributed by atoms with Gasteiger partial charge in [0.1, 0.15) is 13.2 Å². The van der Waals surface area contributed by atoms with Crippen LogP contribution in [0.1, 0.15) is 284 Å². The normalized spacial score (nSPS) is 13.1. The zero-order valence-corrected chi connectivity index (χ0v) is 49.7. The molecule has 0 aromatic carbocycles. The van der Waals surface area contributed by atoms with E-state index in [9.17, 15) is 19.5 Å². The molecule has 0 bridgehead atoms. The molecule has 0 rings (SSSR count). The third-order valence-electron chi connectivity index (χ3n) is 13.8. The molecule has 0 saturated heterocycles. The second-order valence-corrected chi connectivity index (χ2v) is 22.3. The smallest absolute Gasteiger partial charge is 0.361 e. The van der Waals surface area contributed by atoms with Crippen LogP contribution in [0.5, 0.6) is 0 Å². The lowest BCUT2D eigenvalue weighted by atomic mass is 10.0. The minimum absolute atomic E-state index is 0.182. The van der Waals surface area contributed by atoms with Crippen LogP contribution in [-0.2, 0) is 33.3 Å². The number of unbranched alkanes of at least 4 members (excludes halogenated alkanes) is 33. The SMILES string of the molecule is CC/C=C\C/C=C\C/C=C\C/C=C\CCCCCCCCCCCCCCCCCCC(=O)OC(COC(=O)CCCCCCCCCCC/C=C\CCCCCCCCCC)COC(OCC[N+](C)(C)C)C(=O)O. The third-order valence-corrected chi connectivity index (χ3v) is 13.8. The number of carbonyl (C=O) groups excluding carboxylic acids is 2. The van der Waals surface area contributed by atoms with Crippen LogP contribution in [0, 0.1) is 0 Å². The van der Waals surface area contributed by atoms with E-state index in [0.29, 0.717) is 17.4 Å². The molecule has 0 amide bonds. The van der Waals surface area contributed by atoms with E-state index in [1.165, 1.54) is 193 Å².